The highest BCUT2D eigenvalue weighted by molar-refractivity contribution is 5.80. The molecule has 1 heterocycles. The van der Waals surface area contributed by atoms with Crippen molar-refractivity contribution in [1.82, 2.24) is 5.43 Å². The van der Waals surface area contributed by atoms with Crippen LogP contribution in [0.3, 0.4) is 0 Å². The number of carbonyl (C=O) groups excluding carboxylic acids is 1. The van der Waals surface area contributed by atoms with Gasteiger partial charge in [0, 0.05) is 0 Å². The van der Waals surface area contributed by atoms with Crippen LogP contribution in [0.2, 0.25) is 0 Å². The average Bonchev–Trinajstić information content (AvgIpc) is 2.93. The summed E-state index contributed by atoms with van der Waals surface area (Å²) in [6.07, 6.45) is 0.910. The number of hydrazine groups is 1. The van der Waals surface area contributed by atoms with Crippen LogP contribution in [0.25, 0.3) is 0 Å². The van der Waals surface area contributed by atoms with Crippen LogP contribution >= 0.6 is 0 Å². The maximum atomic E-state index is 11.3. The summed E-state index contributed by atoms with van der Waals surface area (Å²) in [6, 6.07) is 7.32. The Labute approximate surface area is 111 Å². The predicted molar refractivity (Wildman–Crippen MR) is 68.7 cm³/mol. The molecule has 104 valence electrons. The van der Waals surface area contributed by atoms with E-state index in [4.69, 9.17) is 20.1 Å². The molecule has 0 aliphatic carbocycles. The number of hydrogen-bond acceptors (Lipinski definition) is 5. The lowest BCUT2D eigenvalue weighted by atomic mass is 10.2. The van der Waals surface area contributed by atoms with Crippen LogP contribution in [0.15, 0.2) is 24.3 Å². The molecule has 19 heavy (non-hydrogen) atoms. The van der Waals surface area contributed by atoms with Gasteiger partial charge in [-0.2, -0.15) is 0 Å². The van der Waals surface area contributed by atoms with E-state index in [1.807, 2.05) is 24.3 Å². The smallest absolute Gasteiger partial charge is 0.263 e. The molecule has 1 aromatic carbocycles. The molecule has 2 unspecified atom stereocenters. The number of rotatable bonds is 5. The number of methoxy groups -OCH3 is 1. The first-order chi connectivity index (χ1) is 9.22. The fourth-order valence-corrected chi connectivity index (χ4v) is 1.98. The number of nitrogens with two attached hydrogens (primary N) is 1. The fraction of sp³-hybridized carbons (Fsp3) is 0.462. The summed E-state index contributed by atoms with van der Waals surface area (Å²) in [5.41, 5.74) is 2.10. The minimum Gasteiger partial charge on any atom is -0.497 e. The fourth-order valence-electron chi connectivity index (χ4n) is 1.98. The Morgan fingerprint density at radius 1 is 1.37 bits per heavy atom. The Morgan fingerprint density at radius 2 is 2.05 bits per heavy atom. The summed E-state index contributed by atoms with van der Waals surface area (Å²) in [6.45, 7) is 0.417. The van der Waals surface area contributed by atoms with Gasteiger partial charge in [0.1, 0.15) is 24.2 Å². The molecule has 1 saturated heterocycles. The lowest BCUT2D eigenvalue weighted by Gasteiger charge is -2.13. The average molecular weight is 266 g/mol. The van der Waals surface area contributed by atoms with Crippen LogP contribution in [-0.4, -0.2) is 31.8 Å². The maximum absolute atomic E-state index is 11.3. The third-order valence-electron chi connectivity index (χ3n) is 3.04. The zero-order chi connectivity index (χ0) is 13.7. The van der Waals surface area contributed by atoms with E-state index in [2.05, 4.69) is 5.43 Å². The summed E-state index contributed by atoms with van der Waals surface area (Å²) in [7, 11) is 1.62. The summed E-state index contributed by atoms with van der Waals surface area (Å²) in [5.74, 6) is 6.31. The number of carbonyl (C=O) groups is 1. The van der Waals surface area contributed by atoms with Gasteiger partial charge >= 0.3 is 0 Å². The highest BCUT2D eigenvalue weighted by atomic mass is 16.5. The van der Waals surface area contributed by atoms with Crippen LogP contribution in [0, 0.1) is 0 Å². The monoisotopic (exact) mass is 266 g/mol. The lowest BCUT2D eigenvalue weighted by molar-refractivity contribution is -0.132. The Bertz CT molecular complexity index is 421. The van der Waals surface area contributed by atoms with E-state index < -0.39 is 6.10 Å². The first-order valence-corrected chi connectivity index (χ1v) is 6.15. The first-order valence-electron chi connectivity index (χ1n) is 6.15. The Hall–Kier alpha value is -1.79. The molecule has 1 amide bonds. The lowest BCUT2D eigenvalue weighted by Crippen LogP contribution is -2.39. The molecule has 3 N–H and O–H groups in total. The van der Waals surface area contributed by atoms with Gasteiger partial charge in [0.05, 0.1) is 13.2 Å². The molecule has 1 aromatic rings. The molecular formula is C13H18N2O4. The van der Waals surface area contributed by atoms with Gasteiger partial charge in [0.15, 0.2) is 0 Å². The van der Waals surface area contributed by atoms with Gasteiger partial charge in [-0.05, 0) is 37.1 Å². The largest absolute Gasteiger partial charge is 0.497 e. The molecule has 0 bridgehead atoms. The standard InChI is InChI=1S/C13H18N2O4/c1-17-9-2-4-10(5-3-9)18-8-11-6-7-12(19-11)13(16)15-14/h2-5,11-12H,6-8,14H2,1H3,(H,15,16). The molecule has 2 rings (SSSR count). The highest BCUT2D eigenvalue weighted by Gasteiger charge is 2.30. The first kappa shape index (κ1) is 13.6. The van der Waals surface area contributed by atoms with Crippen LogP contribution in [-0.2, 0) is 9.53 Å². The minimum absolute atomic E-state index is 0.0793. The quantitative estimate of drug-likeness (QED) is 0.463. The van der Waals surface area contributed by atoms with Crippen molar-refractivity contribution in [2.24, 2.45) is 5.84 Å². The van der Waals surface area contributed by atoms with E-state index in [1.54, 1.807) is 7.11 Å². The maximum Gasteiger partial charge on any atom is 0.263 e. The van der Waals surface area contributed by atoms with Crippen LogP contribution in [0.1, 0.15) is 12.8 Å². The van der Waals surface area contributed by atoms with Gasteiger partial charge in [0.2, 0.25) is 0 Å². The SMILES string of the molecule is COc1ccc(OCC2CCC(C(=O)NN)O2)cc1. The minimum atomic E-state index is -0.463. The molecule has 0 aromatic heterocycles. The summed E-state index contributed by atoms with van der Waals surface area (Å²) >= 11 is 0. The zero-order valence-corrected chi connectivity index (χ0v) is 10.8. The molecule has 6 heteroatoms. The van der Waals surface area contributed by atoms with Crippen LogP contribution in [0.5, 0.6) is 11.5 Å². The third kappa shape index (κ3) is 3.59. The Kier molecular flexibility index (Phi) is 4.59. The van der Waals surface area contributed by atoms with E-state index in [1.165, 1.54) is 0 Å². The topological polar surface area (TPSA) is 82.8 Å². The third-order valence-corrected chi connectivity index (χ3v) is 3.04. The van der Waals surface area contributed by atoms with Crippen molar-refractivity contribution in [2.75, 3.05) is 13.7 Å². The number of amides is 1. The molecule has 1 fully saturated rings. The second-order valence-electron chi connectivity index (χ2n) is 4.32. The molecule has 1 aliphatic rings. The van der Waals surface area contributed by atoms with Gasteiger partial charge < -0.3 is 14.2 Å². The van der Waals surface area contributed by atoms with E-state index in [-0.39, 0.29) is 12.0 Å². The summed E-state index contributed by atoms with van der Waals surface area (Å²) < 4.78 is 16.2. The number of ether oxygens (including phenoxy) is 3. The number of hydrogen-bond donors (Lipinski definition) is 2. The number of nitrogens with one attached hydrogen (secondary N) is 1. The Balaban J connectivity index is 1.78. The zero-order valence-electron chi connectivity index (χ0n) is 10.8. The molecule has 0 spiro atoms. The van der Waals surface area contributed by atoms with E-state index in [9.17, 15) is 4.79 Å². The normalized spacial score (nSPS) is 22.0. The van der Waals surface area contributed by atoms with Gasteiger partial charge in [-0.15, -0.1) is 0 Å². The second kappa shape index (κ2) is 6.40. The van der Waals surface area contributed by atoms with Crippen molar-refractivity contribution in [3.05, 3.63) is 24.3 Å². The Morgan fingerprint density at radius 3 is 2.68 bits per heavy atom. The van der Waals surface area contributed by atoms with E-state index in [0.29, 0.717) is 13.0 Å². The van der Waals surface area contributed by atoms with Gasteiger partial charge in [0.25, 0.3) is 5.91 Å². The molecule has 0 saturated carbocycles. The van der Waals surface area contributed by atoms with Crippen molar-refractivity contribution in [3.8, 4) is 11.5 Å². The predicted octanol–water partition coefficient (Wildman–Crippen LogP) is 0.612. The molecule has 2 atom stereocenters. The van der Waals surface area contributed by atoms with Gasteiger partial charge in [-0.1, -0.05) is 0 Å². The van der Waals surface area contributed by atoms with Crippen molar-refractivity contribution < 1.29 is 19.0 Å². The van der Waals surface area contributed by atoms with Crippen LogP contribution < -0.4 is 20.7 Å². The molecule has 1 aliphatic heterocycles. The van der Waals surface area contributed by atoms with Crippen molar-refractivity contribution >= 4 is 5.91 Å². The van der Waals surface area contributed by atoms with Crippen LogP contribution in [0.4, 0.5) is 0 Å². The van der Waals surface area contributed by atoms with Gasteiger partial charge in [-0.3, -0.25) is 10.2 Å². The summed E-state index contributed by atoms with van der Waals surface area (Å²) in [4.78, 5) is 11.3. The highest BCUT2D eigenvalue weighted by Crippen LogP contribution is 2.22. The molecule has 0 radical (unpaired) electrons. The van der Waals surface area contributed by atoms with E-state index >= 15 is 0 Å². The van der Waals surface area contributed by atoms with Crippen molar-refractivity contribution in [3.63, 3.8) is 0 Å². The van der Waals surface area contributed by atoms with Crippen molar-refractivity contribution in [1.29, 1.82) is 0 Å². The van der Waals surface area contributed by atoms with Gasteiger partial charge in [-0.25, -0.2) is 5.84 Å². The molecular weight excluding hydrogens is 248 g/mol. The second-order valence-corrected chi connectivity index (χ2v) is 4.32. The molecule has 6 nitrogen and oxygen atoms in total. The van der Waals surface area contributed by atoms with E-state index in [0.717, 1.165) is 17.9 Å². The number of benzene rings is 1. The summed E-state index contributed by atoms with van der Waals surface area (Å²) in [5, 5.41) is 0. The van der Waals surface area contributed by atoms with Crippen molar-refractivity contribution in [2.45, 2.75) is 25.0 Å².